The van der Waals surface area contributed by atoms with Crippen molar-refractivity contribution in [3.8, 4) is 0 Å². The topological polar surface area (TPSA) is 56.7 Å². The Labute approximate surface area is 175 Å². The molecule has 0 spiro atoms. The minimum Gasteiger partial charge on any atom is -0.357 e. The number of rotatable bonds is 8. The number of aryl methyl sites for hydroxylation is 1. The summed E-state index contributed by atoms with van der Waals surface area (Å²) in [5.41, 5.74) is 2.47. The number of nitrogens with zero attached hydrogens (tertiary/aromatic N) is 2. The monoisotopic (exact) mass is 472 g/mol. The van der Waals surface area contributed by atoms with Gasteiger partial charge in [0, 0.05) is 32.1 Å². The summed E-state index contributed by atoms with van der Waals surface area (Å²) in [7, 11) is 0. The minimum absolute atomic E-state index is 0. The predicted molar refractivity (Wildman–Crippen MR) is 119 cm³/mol. The third-order valence-corrected chi connectivity index (χ3v) is 4.68. The number of guanidine groups is 1. The average Bonchev–Trinajstić information content (AvgIpc) is 3.04. The number of likely N-dealkylation sites (tertiary alicyclic amines) is 1. The van der Waals surface area contributed by atoms with Crippen molar-refractivity contribution in [2.75, 3.05) is 19.6 Å². The molecule has 2 rings (SSSR count). The highest BCUT2D eigenvalue weighted by molar-refractivity contribution is 14.0. The van der Waals surface area contributed by atoms with Crippen LogP contribution in [0.15, 0.2) is 29.3 Å². The number of amides is 1. The molecule has 2 N–H and O–H groups in total. The van der Waals surface area contributed by atoms with E-state index in [0.717, 1.165) is 44.9 Å². The van der Waals surface area contributed by atoms with Crippen LogP contribution in [-0.2, 0) is 11.3 Å². The Bertz CT molecular complexity index is 574. The maximum Gasteiger partial charge on any atom is 0.222 e. The number of nitrogens with one attached hydrogen (secondary N) is 2. The molecule has 6 heteroatoms. The molecule has 0 saturated carbocycles. The third-order valence-electron chi connectivity index (χ3n) is 4.68. The first-order chi connectivity index (χ1) is 12.1. The van der Waals surface area contributed by atoms with E-state index in [9.17, 15) is 4.79 Å². The maximum atomic E-state index is 11.9. The second kappa shape index (κ2) is 12.1. The Hall–Kier alpha value is -1.31. The van der Waals surface area contributed by atoms with Gasteiger partial charge in [0.05, 0.1) is 6.54 Å². The molecule has 1 aromatic rings. The van der Waals surface area contributed by atoms with E-state index in [1.807, 2.05) is 0 Å². The van der Waals surface area contributed by atoms with Crippen LogP contribution in [0.4, 0.5) is 0 Å². The van der Waals surface area contributed by atoms with Crippen LogP contribution in [0.5, 0.6) is 0 Å². The van der Waals surface area contributed by atoms with Crippen LogP contribution in [-0.4, -0.2) is 42.4 Å². The number of hydrogen-bond donors (Lipinski definition) is 2. The van der Waals surface area contributed by atoms with Gasteiger partial charge in [-0.3, -0.25) is 4.79 Å². The van der Waals surface area contributed by atoms with Gasteiger partial charge in [-0.25, -0.2) is 4.99 Å². The molecule has 1 amide bonds. The summed E-state index contributed by atoms with van der Waals surface area (Å²) in [5.74, 6) is 1.15. The van der Waals surface area contributed by atoms with Crippen LogP contribution in [0.3, 0.4) is 0 Å². The van der Waals surface area contributed by atoms with Gasteiger partial charge < -0.3 is 15.5 Å². The van der Waals surface area contributed by atoms with Crippen molar-refractivity contribution < 1.29 is 4.79 Å². The molecule has 26 heavy (non-hydrogen) atoms. The first-order valence-corrected chi connectivity index (χ1v) is 9.51. The predicted octanol–water partition coefficient (Wildman–Crippen LogP) is 3.46. The fraction of sp³-hybridized carbons (Fsp3) is 0.600. The second-order valence-electron chi connectivity index (χ2n) is 6.65. The van der Waals surface area contributed by atoms with Gasteiger partial charge >= 0.3 is 0 Å². The lowest BCUT2D eigenvalue weighted by Gasteiger charge is -2.27. The van der Waals surface area contributed by atoms with Crippen molar-refractivity contribution in [3.63, 3.8) is 0 Å². The molecular formula is C20H33IN4O. The smallest absolute Gasteiger partial charge is 0.222 e. The number of halogens is 1. The van der Waals surface area contributed by atoms with Crippen molar-refractivity contribution in [2.24, 2.45) is 4.99 Å². The van der Waals surface area contributed by atoms with Gasteiger partial charge in [0.15, 0.2) is 5.96 Å². The molecule has 0 bridgehead atoms. The molecule has 1 aliphatic rings. The number of carbonyl (C=O) groups is 1. The first-order valence-electron chi connectivity index (χ1n) is 9.51. The standard InChI is InChI=1S/C20H32N4O.HI/c1-4-18(24-14-6-7-19(24)25)12-13-22-20(21-5-2)23-15-17-10-8-16(3)9-11-17;/h8-11,18H,4-7,12-15H2,1-3H3,(H2,21,22,23);1H. The Morgan fingerprint density at radius 2 is 1.96 bits per heavy atom. The molecule has 1 saturated heterocycles. The van der Waals surface area contributed by atoms with Crippen molar-refractivity contribution in [3.05, 3.63) is 35.4 Å². The number of aliphatic imine (C=N–C) groups is 1. The molecule has 0 aliphatic carbocycles. The summed E-state index contributed by atoms with van der Waals surface area (Å²) in [6.07, 6.45) is 3.68. The van der Waals surface area contributed by atoms with Crippen LogP contribution in [0.1, 0.15) is 50.7 Å². The van der Waals surface area contributed by atoms with Crippen LogP contribution >= 0.6 is 24.0 Å². The average molecular weight is 472 g/mol. The lowest BCUT2D eigenvalue weighted by Crippen LogP contribution is -2.42. The molecule has 1 aliphatic heterocycles. The van der Waals surface area contributed by atoms with Gasteiger partial charge in [-0.2, -0.15) is 0 Å². The van der Waals surface area contributed by atoms with Gasteiger partial charge in [0.2, 0.25) is 5.91 Å². The van der Waals surface area contributed by atoms with Crippen molar-refractivity contribution in [1.29, 1.82) is 0 Å². The summed E-state index contributed by atoms with van der Waals surface area (Å²) in [6, 6.07) is 8.81. The lowest BCUT2D eigenvalue weighted by molar-refractivity contribution is -0.129. The molecule has 146 valence electrons. The van der Waals surface area contributed by atoms with E-state index in [4.69, 9.17) is 0 Å². The van der Waals surface area contributed by atoms with Gasteiger partial charge in [0.25, 0.3) is 0 Å². The quantitative estimate of drug-likeness (QED) is 0.346. The maximum absolute atomic E-state index is 11.9. The Kier molecular flexibility index (Phi) is 10.6. The normalized spacial score (nSPS) is 15.6. The van der Waals surface area contributed by atoms with E-state index in [0.29, 0.717) is 24.9 Å². The van der Waals surface area contributed by atoms with Crippen molar-refractivity contribution >= 4 is 35.8 Å². The van der Waals surface area contributed by atoms with E-state index < -0.39 is 0 Å². The van der Waals surface area contributed by atoms with Crippen LogP contribution < -0.4 is 10.6 Å². The molecule has 1 fully saturated rings. The van der Waals surface area contributed by atoms with Gasteiger partial charge in [0.1, 0.15) is 0 Å². The summed E-state index contributed by atoms with van der Waals surface area (Å²) in [5, 5.41) is 6.70. The number of benzene rings is 1. The number of carbonyl (C=O) groups excluding carboxylic acids is 1. The zero-order valence-corrected chi connectivity index (χ0v) is 18.6. The molecule has 1 aromatic carbocycles. The highest BCUT2D eigenvalue weighted by Gasteiger charge is 2.26. The molecule has 0 radical (unpaired) electrons. The highest BCUT2D eigenvalue weighted by Crippen LogP contribution is 2.17. The molecule has 0 aromatic heterocycles. The number of hydrogen-bond acceptors (Lipinski definition) is 2. The van der Waals surface area contributed by atoms with E-state index in [-0.39, 0.29) is 24.0 Å². The molecule has 1 heterocycles. The summed E-state index contributed by atoms with van der Waals surface area (Å²) in [6.45, 7) is 9.56. The second-order valence-corrected chi connectivity index (χ2v) is 6.65. The molecular weight excluding hydrogens is 439 g/mol. The molecule has 5 nitrogen and oxygen atoms in total. The summed E-state index contributed by atoms with van der Waals surface area (Å²) < 4.78 is 0. The fourth-order valence-electron chi connectivity index (χ4n) is 3.20. The van der Waals surface area contributed by atoms with E-state index in [1.54, 1.807) is 0 Å². The van der Waals surface area contributed by atoms with Crippen LogP contribution in [0.2, 0.25) is 0 Å². The van der Waals surface area contributed by atoms with Gasteiger partial charge in [-0.05, 0) is 38.7 Å². The van der Waals surface area contributed by atoms with Crippen LogP contribution in [0, 0.1) is 6.92 Å². The lowest BCUT2D eigenvalue weighted by atomic mass is 10.1. The largest absolute Gasteiger partial charge is 0.357 e. The third kappa shape index (κ3) is 7.13. The Morgan fingerprint density at radius 1 is 1.23 bits per heavy atom. The Balaban J connectivity index is 0.00000338. The van der Waals surface area contributed by atoms with Crippen LogP contribution in [0.25, 0.3) is 0 Å². The van der Waals surface area contributed by atoms with Gasteiger partial charge in [-0.15, -0.1) is 24.0 Å². The summed E-state index contributed by atoms with van der Waals surface area (Å²) in [4.78, 5) is 18.6. The van der Waals surface area contributed by atoms with E-state index >= 15 is 0 Å². The zero-order valence-electron chi connectivity index (χ0n) is 16.3. The van der Waals surface area contributed by atoms with Gasteiger partial charge in [-0.1, -0.05) is 36.8 Å². The molecule has 1 unspecified atom stereocenters. The Morgan fingerprint density at radius 3 is 2.54 bits per heavy atom. The molecule has 1 atom stereocenters. The zero-order chi connectivity index (χ0) is 18.1. The first kappa shape index (κ1) is 22.7. The fourth-order valence-corrected chi connectivity index (χ4v) is 3.20. The highest BCUT2D eigenvalue weighted by atomic mass is 127. The van der Waals surface area contributed by atoms with E-state index in [1.165, 1.54) is 11.1 Å². The SMILES string of the molecule is CCNC(=NCc1ccc(C)cc1)NCCC(CC)N1CCCC1=O.I. The minimum atomic E-state index is 0. The summed E-state index contributed by atoms with van der Waals surface area (Å²) >= 11 is 0. The van der Waals surface area contributed by atoms with Crippen molar-refractivity contribution in [1.82, 2.24) is 15.5 Å². The van der Waals surface area contributed by atoms with Crippen molar-refractivity contribution in [2.45, 2.75) is 59.0 Å². The van der Waals surface area contributed by atoms with E-state index in [2.05, 4.69) is 65.6 Å².